The molecule has 0 heterocycles. The first-order chi connectivity index (χ1) is 10.7. The standard InChI is InChI=1S/C18H22N2O2/c1-3-19-18(21)14-20(13-15-7-5-4-6-8-15)16-9-11-17(22-2)12-10-16/h4-12H,3,13-14H2,1-2H3,(H,19,21). The van der Waals surface area contributed by atoms with Gasteiger partial charge in [0.1, 0.15) is 5.75 Å². The Morgan fingerprint density at radius 2 is 1.77 bits per heavy atom. The van der Waals surface area contributed by atoms with E-state index in [9.17, 15) is 4.79 Å². The fourth-order valence-corrected chi connectivity index (χ4v) is 2.26. The topological polar surface area (TPSA) is 41.6 Å². The first kappa shape index (κ1) is 15.9. The molecular weight excluding hydrogens is 276 g/mol. The molecule has 1 N–H and O–H groups in total. The fourth-order valence-electron chi connectivity index (χ4n) is 2.26. The SMILES string of the molecule is CCNC(=O)CN(Cc1ccccc1)c1ccc(OC)cc1. The molecule has 0 aliphatic heterocycles. The van der Waals surface area contributed by atoms with Gasteiger partial charge in [-0.15, -0.1) is 0 Å². The van der Waals surface area contributed by atoms with Crippen LogP contribution in [0.25, 0.3) is 0 Å². The minimum atomic E-state index is 0.0225. The third-order valence-corrected chi connectivity index (χ3v) is 3.36. The van der Waals surface area contributed by atoms with Crippen molar-refractivity contribution in [1.82, 2.24) is 5.32 Å². The molecule has 4 heteroatoms. The van der Waals surface area contributed by atoms with Crippen LogP contribution in [-0.4, -0.2) is 26.1 Å². The number of methoxy groups -OCH3 is 1. The van der Waals surface area contributed by atoms with E-state index in [0.29, 0.717) is 19.6 Å². The molecule has 0 atom stereocenters. The lowest BCUT2D eigenvalue weighted by Gasteiger charge is -2.24. The molecule has 0 aliphatic carbocycles. The summed E-state index contributed by atoms with van der Waals surface area (Å²) in [5.74, 6) is 0.829. The second-order valence-corrected chi connectivity index (χ2v) is 4.99. The second kappa shape index (κ2) is 8.08. The quantitative estimate of drug-likeness (QED) is 0.854. The van der Waals surface area contributed by atoms with Crippen LogP contribution in [0.1, 0.15) is 12.5 Å². The predicted molar refractivity (Wildman–Crippen MR) is 89.2 cm³/mol. The number of nitrogens with one attached hydrogen (secondary N) is 1. The lowest BCUT2D eigenvalue weighted by atomic mass is 10.2. The Bertz CT molecular complexity index is 582. The highest BCUT2D eigenvalue weighted by atomic mass is 16.5. The van der Waals surface area contributed by atoms with Gasteiger partial charge in [-0.2, -0.15) is 0 Å². The molecule has 0 aliphatic rings. The van der Waals surface area contributed by atoms with Gasteiger partial charge in [0.15, 0.2) is 0 Å². The van der Waals surface area contributed by atoms with Crippen LogP contribution in [0, 0.1) is 0 Å². The van der Waals surface area contributed by atoms with E-state index in [1.54, 1.807) is 7.11 Å². The fraction of sp³-hybridized carbons (Fsp3) is 0.278. The summed E-state index contributed by atoms with van der Waals surface area (Å²) in [5.41, 5.74) is 2.17. The number of amides is 1. The van der Waals surface area contributed by atoms with Gasteiger partial charge in [-0.05, 0) is 36.8 Å². The minimum absolute atomic E-state index is 0.0225. The second-order valence-electron chi connectivity index (χ2n) is 4.99. The van der Waals surface area contributed by atoms with E-state index in [1.807, 2.05) is 49.4 Å². The summed E-state index contributed by atoms with van der Waals surface area (Å²) in [4.78, 5) is 14.0. The number of hydrogen-bond donors (Lipinski definition) is 1. The van der Waals surface area contributed by atoms with Crippen LogP contribution < -0.4 is 15.0 Å². The Balaban J connectivity index is 2.17. The number of hydrogen-bond acceptors (Lipinski definition) is 3. The lowest BCUT2D eigenvalue weighted by Crippen LogP contribution is -2.36. The van der Waals surface area contributed by atoms with Gasteiger partial charge >= 0.3 is 0 Å². The molecule has 0 fully saturated rings. The van der Waals surface area contributed by atoms with Crippen LogP contribution in [0.2, 0.25) is 0 Å². The van der Waals surface area contributed by atoms with E-state index in [2.05, 4.69) is 22.3 Å². The van der Waals surface area contributed by atoms with Crippen LogP contribution in [0.3, 0.4) is 0 Å². The summed E-state index contributed by atoms with van der Waals surface area (Å²) in [5, 5.41) is 2.85. The number of carbonyl (C=O) groups excluding carboxylic acids is 1. The van der Waals surface area contributed by atoms with Crippen molar-refractivity contribution in [1.29, 1.82) is 0 Å². The number of anilines is 1. The summed E-state index contributed by atoms with van der Waals surface area (Å²) >= 11 is 0. The molecule has 116 valence electrons. The summed E-state index contributed by atoms with van der Waals surface area (Å²) in [6, 6.07) is 17.9. The number of nitrogens with zero attached hydrogens (tertiary/aromatic N) is 1. The van der Waals surface area contributed by atoms with Crippen molar-refractivity contribution in [3.05, 3.63) is 60.2 Å². The number of carbonyl (C=O) groups is 1. The van der Waals surface area contributed by atoms with Gasteiger partial charge in [0.05, 0.1) is 13.7 Å². The van der Waals surface area contributed by atoms with E-state index in [-0.39, 0.29) is 5.91 Å². The van der Waals surface area contributed by atoms with Crippen molar-refractivity contribution in [2.24, 2.45) is 0 Å². The van der Waals surface area contributed by atoms with Gasteiger partial charge < -0.3 is 15.0 Å². The summed E-state index contributed by atoms with van der Waals surface area (Å²) in [6.45, 7) is 3.58. The Labute approximate surface area is 131 Å². The zero-order valence-electron chi connectivity index (χ0n) is 13.1. The van der Waals surface area contributed by atoms with Gasteiger partial charge in [0, 0.05) is 18.8 Å². The molecule has 1 amide bonds. The van der Waals surface area contributed by atoms with E-state index < -0.39 is 0 Å². The summed E-state index contributed by atoms with van der Waals surface area (Å²) in [6.07, 6.45) is 0. The van der Waals surface area contributed by atoms with E-state index in [0.717, 1.165) is 11.4 Å². The number of rotatable bonds is 7. The van der Waals surface area contributed by atoms with E-state index >= 15 is 0 Å². The van der Waals surface area contributed by atoms with Crippen LogP contribution in [-0.2, 0) is 11.3 Å². The van der Waals surface area contributed by atoms with Gasteiger partial charge in [-0.3, -0.25) is 4.79 Å². The summed E-state index contributed by atoms with van der Waals surface area (Å²) < 4.78 is 5.19. The average Bonchev–Trinajstić information content (AvgIpc) is 2.55. The Morgan fingerprint density at radius 1 is 1.09 bits per heavy atom. The molecule has 0 saturated carbocycles. The molecular formula is C18H22N2O2. The predicted octanol–water partition coefficient (Wildman–Crippen LogP) is 2.84. The van der Waals surface area contributed by atoms with Crippen molar-refractivity contribution in [3.63, 3.8) is 0 Å². The summed E-state index contributed by atoms with van der Waals surface area (Å²) in [7, 11) is 1.64. The Morgan fingerprint density at radius 3 is 2.36 bits per heavy atom. The van der Waals surface area contributed by atoms with Crippen LogP contribution in [0.5, 0.6) is 5.75 Å². The zero-order chi connectivity index (χ0) is 15.8. The zero-order valence-corrected chi connectivity index (χ0v) is 13.1. The van der Waals surface area contributed by atoms with E-state index in [1.165, 1.54) is 5.56 Å². The Kier molecular flexibility index (Phi) is 5.83. The molecule has 0 saturated heterocycles. The first-order valence-electron chi connectivity index (χ1n) is 7.42. The largest absolute Gasteiger partial charge is 0.497 e. The van der Waals surface area contributed by atoms with Crippen molar-refractivity contribution in [2.75, 3.05) is 25.1 Å². The van der Waals surface area contributed by atoms with Gasteiger partial charge in [-0.1, -0.05) is 30.3 Å². The van der Waals surface area contributed by atoms with Crippen molar-refractivity contribution in [2.45, 2.75) is 13.5 Å². The van der Waals surface area contributed by atoms with Crippen LogP contribution in [0.15, 0.2) is 54.6 Å². The van der Waals surface area contributed by atoms with Crippen LogP contribution >= 0.6 is 0 Å². The molecule has 2 aromatic carbocycles. The molecule has 22 heavy (non-hydrogen) atoms. The smallest absolute Gasteiger partial charge is 0.239 e. The maximum absolute atomic E-state index is 12.0. The number of benzene rings is 2. The van der Waals surface area contributed by atoms with E-state index in [4.69, 9.17) is 4.74 Å². The Hall–Kier alpha value is -2.49. The third kappa shape index (κ3) is 4.52. The molecule has 0 bridgehead atoms. The van der Waals surface area contributed by atoms with Gasteiger partial charge in [0.25, 0.3) is 0 Å². The third-order valence-electron chi connectivity index (χ3n) is 3.36. The molecule has 0 radical (unpaired) electrons. The monoisotopic (exact) mass is 298 g/mol. The normalized spacial score (nSPS) is 10.1. The van der Waals surface area contributed by atoms with Gasteiger partial charge in [0.2, 0.25) is 5.91 Å². The minimum Gasteiger partial charge on any atom is -0.497 e. The molecule has 2 aromatic rings. The van der Waals surface area contributed by atoms with Crippen LogP contribution in [0.4, 0.5) is 5.69 Å². The molecule has 4 nitrogen and oxygen atoms in total. The highest BCUT2D eigenvalue weighted by molar-refractivity contribution is 5.81. The molecule has 2 rings (SSSR count). The molecule has 0 unspecified atom stereocenters. The van der Waals surface area contributed by atoms with Crippen molar-refractivity contribution in [3.8, 4) is 5.75 Å². The van der Waals surface area contributed by atoms with Gasteiger partial charge in [-0.25, -0.2) is 0 Å². The number of likely N-dealkylation sites (N-methyl/N-ethyl adjacent to an activating group) is 1. The lowest BCUT2D eigenvalue weighted by molar-refractivity contribution is -0.119. The first-order valence-corrected chi connectivity index (χ1v) is 7.42. The number of ether oxygens (including phenoxy) is 1. The maximum Gasteiger partial charge on any atom is 0.239 e. The maximum atomic E-state index is 12.0. The average molecular weight is 298 g/mol. The highest BCUT2D eigenvalue weighted by Gasteiger charge is 2.12. The highest BCUT2D eigenvalue weighted by Crippen LogP contribution is 2.21. The van der Waals surface area contributed by atoms with Crippen molar-refractivity contribution >= 4 is 11.6 Å². The van der Waals surface area contributed by atoms with Crippen molar-refractivity contribution < 1.29 is 9.53 Å². The molecule has 0 aromatic heterocycles. The molecule has 0 spiro atoms.